The van der Waals surface area contributed by atoms with Gasteiger partial charge in [-0.25, -0.2) is 4.39 Å². The van der Waals surface area contributed by atoms with Gasteiger partial charge in [0.05, 0.1) is 5.31 Å². The summed E-state index contributed by atoms with van der Waals surface area (Å²) in [5, 5.41) is -0.744. The number of benzene rings is 1. The average Bonchev–Trinajstić information content (AvgIpc) is 2.41. The Morgan fingerprint density at radius 1 is 0.957 bits per heavy atom. The Labute approximate surface area is 126 Å². The van der Waals surface area contributed by atoms with Crippen molar-refractivity contribution in [2.45, 2.75) is 12.4 Å². The van der Waals surface area contributed by atoms with E-state index >= 15 is 0 Å². The molecule has 0 saturated carbocycles. The van der Waals surface area contributed by atoms with Crippen molar-refractivity contribution >= 4 is 12.9 Å². The Morgan fingerprint density at radius 2 is 1.35 bits per heavy atom. The van der Waals surface area contributed by atoms with Crippen LogP contribution in [0.25, 0.3) is 5.31 Å². The van der Waals surface area contributed by atoms with Gasteiger partial charge >= 0.3 is 19.9 Å². The van der Waals surface area contributed by atoms with Crippen molar-refractivity contribution in [1.82, 2.24) is 0 Å². The first-order valence-corrected chi connectivity index (χ1v) is 7.35. The molecule has 0 heterocycles. The van der Waals surface area contributed by atoms with Crippen LogP contribution in [0.4, 0.5) is 30.7 Å². The van der Waals surface area contributed by atoms with Crippen LogP contribution in [-0.2, 0) is 13.6 Å². The van der Waals surface area contributed by atoms with Crippen molar-refractivity contribution in [1.29, 1.82) is 0 Å². The summed E-state index contributed by atoms with van der Waals surface area (Å²) in [6, 6.07) is 3.66. The van der Waals surface area contributed by atoms with Crippen molar-refractivity contribution in [2.75, 3.05) is 13.2 Å². The van der Waals surface area contributed by atoms with Crippen LogP contribution in [0.3, 0.4) is 0 Å². The lowest BCUT2D eigenvalue weighted by atomic mass is 10.2. The van der Waals surface area contributed by atoms with E-state index in [4.69, 9.17) is 0 Å². The molecule has 23 heavy (non-hydrogen) atoms. The molecule has 0 aromatic heterocycles. The van der Waals surface area contributed by atoms with E-state index < -0.39 is 44.3 Å². The molecule has 0 aliphatic rings. The zero-order valence-electron chi connectivity index (χ0n) is 11.2. The van der Waals surface area contributed by atoms with Gasteiger partial charge in [0.25, 0.3) is 0 Å². The molecule has 0 fully saturated rings. The molecule has 0 bridgehead atoms. The molecule has 1 aromatic carbocycles. The molecule has 0 radical (unpaired) electrons. The van der Waals surface area contributed by atoms with Gasteiger partial charge in [-0.1, -0.05) is 18.7 Å². The van der Waals surface area contributed by atoms with Crippen molar-refractivity contribution in [2.24, 2.45) is 0 Å². The standard InChI is InChI=1S/C12H10F7O3P/c1-8(9-2-4-10(13)5-3-9)23(20,21-6-11(14,15)16)22-7-12(17,18)19/h2-5H,1,6-7H2. The predicted octanol–water partition coefficient (Wildman–Crippen LogP) is 5.15. The molecular weight excluding hydrogens is 356 g/mol. The molecule has 1 rings (SSSR count). The Balaban J connectivity index is 3.04. The Kier molecular flexibility index (Phi) is 6.00. The Bertz CT molecular complexity index is 570. The molecule has 3 nitrogen and oxygen atoms in total. The third-order valence-electron chi connectivity index (χ3n) is 2.30. The van der Waals surface area contributed by atoms with Crippen LogP contribution in [-0.4, -0.2) is 25.6 Å². The lowest BCUT2D eigenvalue weighted by Gasteiger charge is -2.22. The Hall–Kier alpha value is -1.38. The average molecular weight is 366 g/mol. The summed E-state index contributed by atoms with van der Waals surface area (Å²) in [6.45, 7) is -1.03. The summed E-state index contributed by atoms with van der Waals surface area (Å²) in [5.41, 5.74) is -0.181. The lowest BCUT2D eigenvalue weighted by Crippen LogP contribution is -2.20. The summed E-state index contributed by atoms with van der Waals surface area (Å²) in [6.07, 6.45) is -9.89. The van der Waals surface area contributed by atoms with E-state index in [1.54, 1.807) is 0 Å². The molecule has 0 atom stereocenters. The van der Waals surface area contributed by atoms with E-state index in [0.717, 1.165) is 24.3 Å². The Morgan fingerprint density at radius 3 is 1.70 bits per heavy atom. The van der Waals surface area contributed by atoms with Crippen LogP contribution in [0, 0.1) is 5.82 Å². The molecule has 1 aromatic rings. The first kappa shape index (κ1) is 19.7. The first-order valence-electron chi connectivity index (χ1n) is 5.80. The quantitative estimate of drug-likeness (QED) is 0.516. The second-order valence-electron chi connectivity index (χ2n) is 4.23. The van der Waals surface area contributed by atoms with Crippen LogP contribution in [0.1, 0.15) is 5.56 Å². The third-order valence-corrected chi connectivity index (χ3v) is 4.16. The van der Waals surface area contributed by atoms with Crippen LogP contribution < -0.4 is 0 Å². The van der Waals surface area contributed by atoms with Crippen molar-refractivity contribution in [3.63, 3.8) is 0 Å². The van der Waals surface area contributed by atoms with Gasteiger partial charge in [-0.3, -0.25) is 13.6 Å². The lowest BCUT2D eigenvalue weighted by molar-refractivity contribution is -0.164. The van der Waals surface area contributed by atoms with Gasteiger partial charge in [0.15, 0.2) is 13.2 Å². The van der Waals surface area contributed by atoms with Gasteiger partial charge in [0.1, 0.15) is 5.82 Å². The normalized spacial score (nSPS) is 13.2. The maximum absolute atomic E-state index is 12.8. The summed E-state index contributed by atoms with van der Waals surface area (Å²) in [4.78, 5) is 0. The SMILES string of the molecule is C=C(c1ccc(F)cc1)P(=O)(OCC(F)(F)F)OCC(F)(F)F. The molecule has 0 aliphatic heterocycles. The molecular formula is C12H10F7O3P. The second-order valence-corrected chi connectivity index (χ2v) is 6.28. The fourth-order valence-corrected chi connectivity index (χ4v) is 2.79. The van der Waals surface area contributed by atoms with E-state index in [-0.39, 0.29) is 5.56 Å². The number of hydrogen-bond acceptors (Lipinski definition) is 3. The number of halogens is 7. The van der Waals surface area contributed by atoms with Gasteiger partial charge in [0, 0.05) is 0 Å². The zero-order chi connectivity index (χ0) is 17.9. The molecule has 0 N–H and O–H groups in total. The maximum atomic E-state index is 12.8. The molecule has 11 heteroatoms. The highest BCUT2D eigenvalue weighted by Crippen LogP contribution is 2.60. The second kappa shape index (κ2) is 7.02. The van der Waals surface area contributed by atoms with E-state index in [1.807, 2.05) is 0 Å². The summed E-state index contributed by atoms with van der Waals surface area (Å²) in [5.74, 6) is -0.719. The van der Waals surface area contributed by atoms with Gasteiger partial charge < -0.3 is 0 Å². The van der Waals surface area contributed by atoms with Crippen molar-refractivity contribution in [3.8, 4) is 0 Å². The summed E-state index contributed by atoms with van der Waals surface area (Å²) in [7, 11) is -5.00. The summed E-state index contributed by atoms with van der Waals surface area (Å²) < 4.78 is 106. The monoisotopic (exact) mass is 366 g/mol. The smallest absolute Gasteiger partial charge is 0.296 e. The fourth-order valence-electron chi connectivity index (χ4n) is 1.31. The highest BCUT2D eigenvalue weighted by Gasteiger charge is 2.40. The molecule has 130 valence electrons. The van der Waals surface area contributed by atoms with Gasteiger partial charge in [-0.2, -0.15) is 26.3 Å². The minimum atomic E-state index is -5.00. The first-order chi connectivity index (χ1) is 10.3. The fraction of sp³-hybridized carbons (Fsp3) is 0.333. The molecule has 0 unspecified atom stereocenters. The van der Waals surface area contributed by atoms with E-state index in [1.165, 1.54) is 0 Å². The van der Waals surface area contributed by atoms with Gasteiger partial charge in [-0.15, -0.1) is 0 Å². The van der Waals surface area contributed by atoms with Gasteiger partial charge in [-0.05, 0) is 17.7 Å². The molecule has 0 amide bonds. The number of rotatable bonds is 6. The minimum Gasteiger partial charge on any atom is -0.296 e. The van der Waals surface area contributed by atoms with Crippen LogP contribution in [0.15, 0.2) is 30.8 Å². The van der Waals surface area contributed by atoms with E-state index in [0.29, 0.717) is 0 Å². The van der Waals surface area contributed by atoms with Crippen LogP contribution >= 0.6 is 7.60 Å². The zero-order valence-corrected chi connectivity index (χ0v) is 12.1. The topological polar surface area (TPSA) is 35.5 Å². The van der Waals surface area contributed by atoms with Crippen molar-refractivity contribution in [3.05, 3.63) is 42.2 Å². The van der Waals surface area contributed by atoms with E-state index in [2.05, 4.69) is 15.6 Å². The number of alkyl halides is 6. The molecule has 0 saturated heterocycles. The minimum absolute atomic E-state index is 0.181. The highest BCUT2D eigenvalue weighted by molar-refractivity contribution is 7.65. The van der Waals surface area contributed by atoms with Crippen LogP contribution in [0.2, 0.25) is 0 Å². The van der Waals surface area contributed by atoms with Crippen molar-refractivity contribution < 1.29 is 44.3 Å². The molecule has 0 aliphatic carbocycles. The predicted molar refractivity (Wildman–Crippen MR) is 67.1 cm³/mol. The highest BCUT2D eigenvalue weighted by atomic mass is 31.2. The van der Waals surface area contributed by atoms with Crippen LogP contribution in [0.5, 0.6) is 0 Å². The third kappa shape index (κ3) is 6.72. The summed E-state index contributed by atoms with van der Waals surface area (Å²) >= 11 is 0. The largest absolute Gasteiger partial charge is 0.412 e. The molecule has 0 spiro atoms. The maximum Gasteiger partial charge on any atom is 0.412 e. The van der Waals surface area contributed by atoms with E-state index in [9.17, 15) is 35.3 Å². The number of hydrogen-bond donors (Lipinski definition) is 0. The van der Waals surface area contributed by atoms with Gasteiger partial charge in [0.2, 0.25) is 0 Å².